The highest BCUT2D eigenvalue weighted by atomic mass is 35.5. The second-order valence-electron chi connectivity index (χ2n) is 6.99. The van der Waals surface area contributed by atoms with Gasteiger partial charge in [0.1, 0.15) is 11.3 Å². The number of benzene rings is 2. The third-order valence-electron chi connectivity index (χ3n) is 5.07. The standard InChI is InChI=1S/C23H21ClN2O3/c1-15(20-13-17-5-3-4-6-19(17)28-20)26(2)23(27)12-11-22-25-14-21(29-22)16-7-9-18(24)10-8-16/h3-10,13-15H,11-12H2,1-2H3/t15-/m0/s1. The fourth-order valence-electron chi connectivity index (χ4n) is 3.18. The van der Waals surface area contributed by atoms with Gasteiger partial charge in [0.05, 0.1) is 12.2 Å². The zero-order chi connectivity index (χ0) is 20.4. The van der Waals surface area contributed by atoms with Gasteiger partial charge >= 0.3 is 0 Å². The number of fused-ring (bicyclic) bond motifs is 1. The van der Waals surface area contributed by atoms with Gasteiger partial charge < -0.3 is 13.7 Å². The number of carbonyl (C=O) groups is 1. The van der Waals surface area contributed by atoms with Crippen molar-refractivity contribution in [3.8, 4) is 11.3 Å². The van der Waals surface area contributed by atoms with Gasteiger partial charge in [0.15, 0.2) is 11.7 Å². The van der Waals surface area contributed by atoms with Crippen LogP contribution in [0.5, 0.6) is 0 Å². The lowest BCUT2D eigenvalue weighted by molar-refractivity contribution is -0.132. The Labute approximate surface area is 173 Å². The van der Waals surface area contributed by atoms with Crippen LogP contribution in [0.25, 0.3) is 22.3 Å². The molecule has 0 N–H and O–H groups in total. The van der Waals surface area contributed by atoms with Gasteiger partial charge in [0.25, 0.3) is 0 Å². The lowest BCUT2D eigenvalue weighted by atomic mass is 10.2. The minimum absolute atomic E-state index is 0.00389. The summed E-state index contributed by atoms with van der Waals surface area (Å²) in [5, 5.41) is 1.70. The van der Waals surface area contributed by atoms with E-state index in [1.807, 2.05) is 49.4 Å². The maximum Gasteiger partial charge on any atom is 0.223 e. The molecule has 0 aliphatic carbocycles. The summed E-state index contributed by atoms with van der Waals surface area (Å²) in [5.74, 6) is 1.97. The smallest absolute Gasteiger partial charge is 0.223 e. The number of hydrogen-bond acceptors (Lipinski definition) is 4. The van der Waals surface area contributed by atoms with Crippen molar-refractivity contribution < 1.29 is 13.6 Å². The maximum absolute atomic E-state index is 12.7. The van der Waals surface area contributed by atoms with Crippen molar-refractivity contribution in [2.45, 2.75) is 25.8 Å². The normalized spacial score (nSPS) is 12.2. The largest absolute Gasteiger partial charge is 0.459 e. The van der Waals surface area contributed by atoms with Gasteiger partial charge in [-0.3, -0.25) is 4.79 Å². The number of aryl methyl sites for hydroxylation is 1. The van der Waals surface area contributed by atoms with Crippen molar-refractivity contribution in [1.29, 1.82) is 0 Å². The summed E-state index contributed by atoms with van der Waals surface area (Å²) in [4.78, 5) is 18.6. The van der Waals surface area contributed by atoms with Gasteiger partial charge in [-0.25, -0.2) is 4.98 Å². The van der Waals surface area contributed by atoms with Crippen molar-refractivity contribution in [3.63, 3.8) is 0 Å². The molecule has 0 spiro atoms. The van der Waals surface area contributed by atoms with Crippen LogP contribution in [-0.4, -0.2) is 22.8 Å². The predicted octanol–water partition coefficient (Wildman–Crippen LogP) is 5.89. The molecule has 0 radical (unpaired) electrons. The Morgan fingerprint density at radius 2 is 1.90 bits per heavy atom. The van der Waals surface area contributed by atoms with Crippen molar-refractivity contribution in [1.82, 2.24) is 9.88 Å². The van der Waals surface area contributed by atoms with Gasteiger partial charge in [-0.2, -0.15) is 0 Å². The number of carbonyl (C=O) groups excluding carboxylic acids is 1. The lowest BCUT2D eigenvalue weighted by Crippen LogP contribution is -2.29. The number of nitrogens with zero attached hydrogens (tertiary/aromatic N) is 2. The minimum atomic E-state index is -0.163. The molecule has 2 aromatic carbocycles. The molecule has 0 saturated carbocycles. The highest BCUT2D eigenvalue weighted by molar-refractivity contribution is 6.30. The monoisotopic (exact) mass is 408 g/mol. The predicted molar refractivity (Wildman–Crippen MR) is 113 cm³/mol. The van der Waals surface area contributed by atoms with Gasteiger partial charge in [0, 0.05) is 35.9 Å². The van der Waals surface area contributed by atoms with E-state index < -0.39 is 0 Å². The molecule has 0 aliphatic rings. The molecule has 0 bridgehead atoms. The first-order chi connectivity index (χ1) is 14.0. The maximum atomic E-state index is 12.7. The van der Waals surface area contributed by atoms with E-state index in [1.165, 1.54) is 0 Å². The molecule has 4 aromatic rings. The number of rotatable bonds is 6. The van der Waals surface area contributed by atoms with Crippen LogP contribution in [0.2, 0.25) is 5.02 Å². The van der Waals surface area contributed by atoms with Crippen molar-refractivity contribution in [2.75, 3.05) is 7.05 Å². The van der Waals surface area contributed by atoms with Crippen LogP contribution in [0, 0.1) is 0 Å². The first-order valence-electron chi connectivity index (χ1n) is 9.46. The van der Waals surface area contributed by atoms with E-state index in [0.717, 1.165) is 22.3 Å². The van der Waals surface area contributed by atoms with Crippen LogP contribution in [0.15, 0.2) is 69.6 Å². The number of para-hydroxylation sites is 1. The Hall–Kier alpha value is -3.05. The molecule has 0 fully saturated rings. The zero-order valence-corrected chi connectivity index (χ0v) is 17.0. The van der Waals surface area contributed by atoms with Crippen molar-refractivity contribution >= 4 is 28.5 Å². The summed E-state index contributed by atoms with van der Waals surface area (Å²) in [6, 6.07) is 17.0. The Kier molecular flexibility index (Phi) is 5.41. The number of amides is 1. The molecule has 2 heterocycles. The summed E-state index contributed by atoms with van der Waals surface area (Å²) in [7, 11) is 1.79. The van der Waals surface area contributed by atoms with E-state index >= 15 is 0 Å². The van der Waals surface area contributed by atoms with E-state index in [9.17, 15) is 4.79 Å². The first kappa shape index (κ1) is 19.3. The number of hydrogen-bond donors (Lipinski definition) is 0. The molecular weight excluding hydrogens is 388 g/mol. The molecule has 6 heteroatoms. The Balaban J connectivity index is 1.38. The summed E-state index contributed by atoms with van der Waals surface area (Å²) >= 11 is 5.92. The van der Waals surface area contributed by atoms with E-state index in [2.05, 4.69) is 4.98 Å². The number of furan rings is 1. The fraction of sp³-hybridized carbons (Fsp3) is 0.217. The quantitative estimate of drug-likeness (QED) is 0.399. The first-order valence-corrected chi connectivity index (χ1v) is 9.84. The van der Waals surface area contributed by atoms with Gasteiger partial charge in [-0.15, -0.1) is 0 Å². The molecule has 29 heavy (non-hydrogen) atoms. The molecule has 1 amide bonds. The Morgan fingerprint density at radius 3 is 2.66 bits per heavy atom. The van der Waals surface area contributed by atoms with Crippen LogP contribution in [0.3, 0.4) is 0 Å². The summed E-state index contributed by atoms with van der Waals surface area (Å²) in [6.07, 6.45) is 2.41. The summed E-state index contributed by atoms with van der Waals surface area (Å²) in [6.45, 7) is 1.96. The van der Waals surface area contributed by atoms with Crippen molar-refractivity contribution in [2.24, 2.45) is 0 Å². The van der Waals surface area contributed by atoms with Crippen molar-refractivity contribution in [3.05, 3.63) is 77.5 Å². The highest BCUT2D eigenvalue weighted by Gasteiger charge is 2.21. The third-order valence-corrected chi connectivity index (χ3v) is 5.32. The van der Waals surface area contributed by atoms with Crippen LogP contribution >= 0.6 is 11.6 Å². The number of oxazole rings is 1. The molecule has 0 aliphatic heterocycles. The number of aromatic nitrogens is 1. The average Bonchev–Trinajstić information content (AvgIpc) is 3.38. The Bertz CT molecular complexity index is 1100. The molecule has 1 atom stereocenters. The topological polar surface area (TPSA) is 59.5 Å². The summed E-state index contributed by atoms with van der Waals surface area (Å²) in [5.41, 5.74) is 1.72. The van der Waals surface area contributed by atoms with Gasteiger partial charge in [-0.05, 0) is 43.3 Å². The van der Waals surface area contributed by atoms with Crippen LogP contribution in [0.4, 0.5) is 0 Å². The van der Waals surface area contributed by atoms with E-state index in [0.29, 0.717) is 29.5 Å². The lowest BCUT2D eigenvalue weighted by Gasteiger charge is -2.23. The second-order valence-corrected chi connectivity index (χ2v) is 7.43. The van der Waals surface area contributed by atoms with Gasteiger partial charge in [-0.1, -0.05) is 29.8 Å². The zero-order valence-electron chi connectivity index (χ0n) is 16.3. The number of halogens is 1. The third kappa shape index (κ3) is 4.20. The molecule has 5 nitrogen and oxygen atoms in total. The second kappa shape index (κ2) is 8.13. The SMILES string of the molecule is C[C@@H](c1cc2ccccc2o1)N(C)C(=O)CCc1ncc(-c2ccc(Cl)cc2)o1. The van der Waals surface area contributed by atoms with Crippen LogP contribution in [0.1, 0.15) is 31.0 Å². The minimum Gasteiger partial charge on any atom is -0.459 e. The highest BCUT2D eigenvalue weighted by Crippen LogP contribution is 2.27. The van der Waals surface area contributed by atoms with E-state index in [1.54, 1.807) is 30.3 Å². The summed E-state index contributed by atoms with van der Waals surface area (Å²) < 4.78 is 11.7. The molecule has 0 unspecified atom stereocenters. The molecule has 2 aromatic heterocycles. The Morgan fingerprint density at radius 1 is 1.14 bits per heavy atom. The van der Waals surface area contributed by atoms with E-state index in [4.69, 9.17) is 20.4 Å². The van der Waals surface area contributed by atoms with E-state index in [-0.39, 0.29) is 11.9 Å². The van der Waals surface area contributed by atoms with Gasteiger partial charge in [0.2, 0.25) is 5.91 Å². The van der Waals surface area contributed by atoms with Crippen LogP contribution in [-0.2, 0) is 11.2 Å². The molecule has 4 rings (SSSR count). The average molecular weight is 409 g/mol. The molecular formula is C23H21ClN2O3. The fourth-order valence-corrected chi connectivity index (χ4v) is 3.30. The van der Waals surface area contributed by atoms with Crippen LogP contribution < -0.4 is 0 Å². The molecule has 0 saturated heterocycles. The molecule has 148 valence electrons.